The van der Waals surface area contributed by atoms with Gasteiger partial charge in [0, 0.05) is 38.0 Å². The lowest BCUT2D eigenvalue weighted by Crippen LogP contribution is -2.50. The molecule has 5 nitrogen and oxygen atoms in total. The van der Waals surface area contributed by atoms with Crippen molar-refractivity contribution in [1.29, 1.82) is 0 Å². The minimum absolute atomic E-state index is 0.00851. The van der Waals surface area contributed by atoms with Crippen molar-refractivity contribution >= 4 is 11.8 Å². The van der Waals surface area contributed by atoms with Crippen molar-refractivity contribution in [3.8, 4) is 0 Å². The summed E-state index contributed by atoms with van der Waals surface area (Å²) < 4.78 is 13.1. The SMILES string of the molecule is NCCC(=O)NCC1CCCCN1C(=O)C1CC1c1ccc(F)cc1. The molecule has 0 radical (unpaired) electrons. The third-order valence-electron chi connectivity index (χ3n) is 5.22. The molecule has 1 aromatic carbocycles. The van der Waals surface area contributed by atoms with Crippen molar-refractivity contribution in [3.05, 3.63) is 35.6 Å². The van der Waals surface area contributed by atoms with Crippen LogP contribution in [0.2, 0.25) is 0 Å². The van der Waals surface area contributed by atoms with Gasteiger partial charge in [-0.3, -0.25) is 9.59 Å². The molecule has 1 aliphatic heterocycles. The lowest BCUT2D eigenvalue weighted by molar-refractivity contribution is -0.137. The number of halogens is 1. The Morgan fingerprint density at radius 2 is 2.00 bits per heavy atom. The predicted molar refractivity (Wildman–Crippen MR) is 93.3 cm³/mol. The molecule has 2 fully saturated rings. The van der Waals surface area contributed by atoms with E-state index in [4.69, 9.17) is 5.73 Å². The second-order valence-corrected chi connectivity index (χ2v) is 7.02. The summed E-state index contributed by atoms with van der Waals surface area (Å²) >= 11 is 0. The molecule has 3 rings (SSSR count). The van der Waals surface area contributed by atoms with Crippen LogP contribution < -0.4 is 11.1 Å². The molecule has 3 N–H and O–H groups in total. The summed E-state index contributed by atoms with van der Waals surface area (Å²) in [4.78, 5) is 26.5. The Balaban J connectivity index is 1.58. The average molecular weight is 347 g/mol. The smallest absolute Gasteiger partial charge is 0.226 e. The number of hydrogen-bond donors (Lipinski definition) is 2. The number of rotatable bonds is 6. The monoisotopic (exact) mass is 347 g/mol. The highest BCUT2D eigenvalue weighted by atomic mass is 19.1. The molecule has 2 aliphatic rings. The fourth-order valence-corrected chi connectivity index (χ4v) is 3.71. The van der Waals surface area contributed by atoms with E-state index in [2.05, 4.69) is 5.32 Å². The number of amides is 2. The number of benzene rings is 1. The summed E-state index contributed by atoms with van der Waals surface area (Å²) in [6.45, 7) is 1.59. The normalized spacial score (nSPS) is 25.5. The van der Waals surface area contributed by atoms with Crippen molar-refractivity contribution in [3.63, 3.8) is 0 Å². The molecule has 3 atom stereocenters. The first-order chi connectivity index (χ1) is 12.1. The highest BCUT2D eigenvalue weighted by Gasteiger charge is 2.47. The standard InChI is InChI=1S/C19H26FN3O2/c20-14-6-4-13(5-7-14)16-11-17(16)19(25)23-10-2-1-3-15(23)12-22-18(24)8-9-21/h4-7,15-17H,1-3,8-12,21H2,(H,22,24). The van der Waals surface area contributed by atoms with Gasteiger partial charge in [-0.25, -0.2) is 4.39 Å². The molecule has 1 aromatic rings. The lowest BCUT2D eigenvalue weighted by atomic mass is 10.0. The zero-order valence-electron chi connectivity index (χ0n) is 14.4. The van der Waals surface area contributed by atoms with Crippen LogP contribution >= 0.6 is 0 Å². The Bertz CT molecular complexity index is 620. The Hall–Kier alpha value is -1.95. The number of nitrogens with one attached hydrogen (secondary N) is 1. The number of carbonyl (C=O) groups is 2. The number of carbonyl (C=O) groups excluding carboxylic acids is 2. The number of nitrogens with zero attached hydrogens (tertiary/aromatic N) is 1. The molecule has 2 amide bonds. The molecule has 0 aromatic heterocycles. The lowest BCUT2D eigenvalue weighted by Gasteiger charge is -2.36. The maximum Gasteiger partial charge on any atom is 0.226 e. The van der Waals surface area contributed by atoms with E-state index in [-0.39, 0.29) is 35.5 Å². The first kappa shape index (κ1) is 17.9. The van der Waals surface area contributed by atoms with Crippen LogP contribution in [-0.4, -0.2) is 42.4 Å². The van der Waals surface area contributed by atoms with Gasteiger partial charge in [0.25, 0.3) is 0 Å². The van der Waals surface area contributed by atoms with Crippen LogP contribution in [0, 0.1) is 11.7 Å². The number of nitrogens with two attached hydrogens (primary N) is 1. The summed E-state index contributed by atoms with van der Waals surface area (Å²) in [6.07, 6.45) is 4.14. The highest BCUT2D eigenvalue weighted by Crippen LogP contribution is 2.49. The van der Waals surface area contributed by atoms with Gasteiger partial charge in [0.15, 0.2) is 0 Å². The van der Waals surface area contributed by atoms with Gasteiger partial charge in [0.05, 0.1) is 0 Å². The maximum absolute atomic E-state index is 13.1. The molecule has 1 aliphatic carbocycles. The van der Waals surface area contributed by atoms with Crippen molar-refractivity contribution in [2.45, 2.75) is 44.1 Å². The second-order valence-electron chi connectivity index (χ2n) is 7.02. The third kappa shape index (κ3) is 4.37. The largest absolute Gasteiger partial charge is 0.354 e. The van der Waals surface area contributed by atoms with Crippen LogP contribution in [-0.2, 0) is 9.59 Å². The Labute approximate surface area is 147 Å². The van der Waals surface area contributed by atoms with Crippen LogP contribution in [0.3, 0.4) is 0 Å². The van der Waals surface area contributed by atoms with Gasteiger partial charge in [0.2, 0.25) is 11.8 Å². The molecule has 25 heavy (non-hydrogen) atoms. The number of likely N-dealkylation sites (tertiary alicyclic amines) is 1. The Kier molecular flexibility index (Phi) is 5.68. The number of piperidine rings is 1. The van der Waals surface area contributed by atoms with E-state index in [1.807, 2.05) is 4.90 Å². The van der Waals surface area contributed by atoms with Gasteiger partial charge in [-0.05, 0) is 49.3 Å². The molecular formula is C19H26FN3O2. The summed E-state index contributed by atoms with van der Waals surface area (Å²) in [6, 6.07) is 6.51. The van der Waals surface area contributed by atoms with Crippen molar-refractivity contribution in [1.82, 2.24) is 10.2 Å². The quantitative estimate of drug-likeness (QED) is 0.824. The molecule has 136 valence electrons. The molecular weight excluding hydrogens is 321 g/mol. The van der Waals surface area contributed by atoms with Crippen LogP contribution in [0.5, 0.6) is 0 Å². The molecule has 1 saturated heterocycles. The minimum atomic E-state index is -0.253. The fourth-order valence-electron chi connectivity index (χ4n) is 3.71. The molecule has 6 heteroatoms. The summed E-state index contributed by atoms with van der Waals surface area (Å²) in [5.74, 6) is 0.0492. The molecule has 1 heterocycles. The number of hydrogen-bond acceptors (Lipinski definition) is 3. The van der Waals surface area contributed by atoms with Crippen LogP contribution in [0.1, 0.15) is 43.6 Å². The van der Waals surface area contributed by atoms with E-state index < -0.39 is 0 Å². The average Bonchev–Trinajstić information content (AvgIpc) is 3.41. The summed E-state index contributed by atoms with van der Waals surface area (Å²) in [7, 11) is 0. The van der Waals surface area contributed by atoms with Crippen LogP contribution in [0.15, 0.2) is 24.3 Å². The molecule has 0 bridgehead atoms. The van der Waals surface area contributed by atoms with E-state index in [1.165, 1.54) is 12.1 Å². The highest BCUT2D eigenvalue weighted by molar-refractivity contribution is 5.83. The summed E-state index contributed by atoms with van der Waals surface area (Å²) in [5, 5.41) is 2.89. The third-order valence-corrected chi connectivity index (χ3v) is 5.22. The van der Waals surface area contributed by atoms with Gasteiger partial charge >= 0.3 is 0 Å². The molecule has 0 spiro atoms. The predicted octanol–water partition coefficient (Wildman–Crippen LogP) is 1.78. The van der Waals surface area contributed by atoms with Crippen molar-refractivity contribution in [2.24, 2.45) is 11.7 Å². The van der Waals surface area contributed by atoms with E-state index >= 15 is 0 Å². The Morgan fingerprint density at radius 3 is 2.72 bits per heavy atom. The van der Waals surface area contributed by atoms with Crippen LogP contribution in [0.4, 0.5) is 4.39 Å². The second kappa shape index (κ2) is 7.95. The zero-order valence-corrected chi connectivity index (χ0v) is 14.4. The van der Waals surface area contributed by atoms with Crippen LogP contribution in [0.25, 0.3) is 0 Å². The summed E-state index contributed by atoms with van der Waals surface area (Å²) in [5.41, 5.74) is 6.42. The first-order valence-corrected chi connectivity index (χ1v) is 9.13. The minimum Gasteiger partial charge on any atom is -0.354 e. The van der Waals surface area contributed by atoms with E-state index in [9.17, 15) is 14.0 Å². The van der Waals surface area contributed by atoms with E-state index in [0.29, 0.717) is 19.5 Å². The van der Waals surface area contributed by atoms with Gasteiger partial charge in [-0.2, -0.15) is 0 Å². The van der Waals surface area contributed by atoms with E-state index in [0.717, 1.165) is 37.8 Å². The molecule has 3 unspecified atom stereocenters. The van der Waals surface area contributed by atoms with Gasteiger partial charge in [-0.15, -0.1) is 0 Å². The fraction of sp³-hybridized carbons (Fsp3) is 0.579. The topological polar surface area (TPSA) is 75.4 Å². The van der Waals surface area contributed by atoms with Crippen molar-refractivity contribution < 1.29 is 14.0 Å². The van der Waals surface area contributed by atoms with Crippen molar-refractivity contribution in [2.75, 3.05) is 19.6 Å². The van der Waals surface area contributed by atoms with Gasteiger partial charge < -0.3 is 16.0 Å². The Morgan fingerprint density at radius 1 is 1.24 bits per heavy atom. The zero-order chi connectivity index (χ0) is 17.8. The van der Waals surface area contributed by atoms with E-state index in [1.54, 1.807) is 12.1 Å². The van der Waals surface area contributed by atoms with Gasteiger partial charge in [-0.1, -0.05) is 12.1 Å². The first-order valence-electron chi connectivity index (χ1n) is 9.13. The maximum atomic E-state index is 13.1. The molecule has 1 saturated carbocycles. The van der Waals surface area contributed by atoms with Gasteiger partial charge in [0.1, 0.15) is 5.82 Å².